The fourth-order valence-corrected chi connectivity index (χ4v) is 1.53. The van der Waals surface area contributed by atoms with Gasteiger partial charge in [-0.2, -0.15) is 0 Å². The lowest BCUT2D eigenvalue weighted by Crippen LogP contribution is -2.32. The molecule has 0 saturated heterocycles. The highest BCUT2D eigenvalue weighted by atomic mass is 16.4. The lowest BCUT2D eigenvalue weighted by Gasteiger charge is -2.12. The summed E-state index contributed by atoms with van der Waals surface area (Å²) in [6.45, 7) is 2.33. The van der Waals surface area contributed by atoms with Crippen molar-refractivity contribution in [1.82, 2.24) is 15.5 Å². The number of carboxylic acid groups (broad SMARTS) is 1. The maximum atomic E-state index is 11.4. The number of hydrogen-bond acceptors (Lipinski definition) is 5. The standard InChI is InChI=1S/C11H14N4O3/c1-2-12-9(16)7-3-4-8(15-14-7)13-11(5-6-11)10(17)18/h3-4H,2,5-6H2,1H3,(H,12,16)(H,13,15)(H,17,18). The van der Waals surface area contributed by atoms with Gasteiger partial charge in [-0.05, 0) is 31.9 Å². The molecule has 2 rings (SSSR count). The quantitative estimate of drug-likeness (QED) is 0.692. The molecule has 0 aliphatic heterocycles. The SMILES string of the molecule is CCNC(=O)c1ccc(NC2(C(=O)O)CC2)nn1. The smallest absolute Gasteiger partial charge is 0.329 e. The van der Waals surface area contributed by atoms with E-state index in [1.165, 1.54) is 6.07 Å². The Kier molecular flexibility index (Phi) is 3.14. The number of nitrogens with zero attached hydrogens (tertiary/aromatic N) is 2. The molecule has 1 aliphatic carbocycles. The van der Waals surface area contributed by atoms with Gasteiger partial charge in [-0.1, -0.05) is 0 Å². The van der Waals surface area contributed by atoms with Crippen molar-refractivity contribution < 1.29 is 14.7 Å². The highest BCUT2D eigenvalue weighted by molar-refractivity contribution is 5.92. The third kappa shape index (κ3) is 2.39. The Morgan fingerprint density at radius 3 is 2.56 bits per heavy atom. The third-order valence-corrected chi connectivity index (χ3v) is 2.76. The number of nitrogens with one attached hydrogen (secondary N) is 2. The van der Waals surface area contributed by atoms with Crippen molar-refractivity contribution in [1.29, 1.82) is 0 Å². The molecule has 3 N–H and O–H groups in total. The monoisotopic (exact) mass is 250 g/mol. The average Bonchev–Trinajstić information content (AvgIpc) is 3.11. The van der Waals surface area contributed by atoms with Gasteiger partial charge < -0.3 is 15.7 Å². The second-order valence-corrected chi connectivity index (χ2v) is 4.18. The van der Waals surface area contributed by atoms with Crippen molar-refractivity contribution >= 4 is 17.7 Å². The molecule has 18 heavy (non-hydrogen) atoms. The van der Waals surface area contributed by atoms with Crippen molar-refractivity contribution in [2.75, 3.05) is 11.9 Å². The summed E-state index contributed by atoms with van der Waals surface area (Å²) in [6.07, 6.45) is 1.14. The molecule has 1 saturated carbocycles. The molecule has 7 nitrogen and oxygen atoms in total. The van der Waals surface area contributed by atoms with Crippen LogP contribution in [0.5, 0.6) is 0 Å². The van der Waals surface area contributed by atoms with Crippen LogP contribution in [0, 0.1) is 0 Å². The molecular formula is C11H14N4O3. The molecule has 96 valence electrons. The fraction of sp³-hybridized carbons (Fsp3) is 0.455. The van der Waals surface area contributed by atoms with Gasteiger partial charge >= 0.3 is 5.97 Å². The number of aromatic nitrogens is 2. The lowest BCUT2D eigenvalue weighted by atomic mass is 10.2. The topological polar surface area (TPSA) is 104 Å². The number of carboxylic acids is 1. The summed E-state index contributed by atoms with van der Waals surface area (Å²) in [7, 11) is 0. The summed E-state index contributed by atoms with van der Waals surface area (Å²) >= 11 is 0. The first-order chi connectivity index (χ1) is 8.57. The number of hydrogen-bond donors (Lipinski definition) is 3. The number of carbonyl (C=O) groups excluding carboxylic acids is 1. The molecule has 1 fully saturated rings. The molecular weight excluding hydrogens is 236 g/mol. The van der Waals surface area contributed by atoms with Crippen LogP contribution in [0.2, 0.25) is 0 Å². The molecule has 1 aromatic rings. The fourth-order valence-electron chi connectivity index (χ4n) is 1.53. The zero-order chi connectivity index (χ0) is 13.2. The maximum Gasteiger partial charge on any atom is 0.329 e. The second kappa shape index (κ2) is 4.59. The average molecular weight is 250 g/mol. The third-order valence-electron chi connectivity index (χ3n) is 2.76. The van der Waals surface area contributed by atoms with E-state index in [0.717, 1.165) is 0 Å². The van der Waals surface area contributed by atoms with Crippen molar-refractivity contribution in [2.45, 2.75) is 25.3 Å². The van der Waals surface area contributed by atoms with Gasteiger partial charge in [-0.3, -0.25) is 4.79 Å². The molecule has 0 aromatic carbocycles. The first kappa shape index (κ1) is 12.3. The molecule has 1 aromatic heterocycles. The predicted octanol–water partition coefficient (Wildman–Crippen LogP) is 0.255. The minimum Gasteiger partial charge on any atom is -0.480 e. The minimum atomic E-state index is -0.901. The Morgan fingerprint density at radius 2 is 2.11 bits per heavy atom. The summed E-state index contributed by atoms with van der Waals surface area (Å²) < 4.78 is 0. The van der Waals surface area contributed by atoms with E-state index in [1.807, 2.05) is 6.92 Å². The number of rotatable bonds is 5. The van der Waals surface area contributed by atoms with E-state index in [0.29, 0.717) is 25.2 Å². The maximum absolute atomic E-state index is 11.4. The highest BCUT2D eigenvalue weighted by Crippen LogP contribution is 2.38. The van der Waals surface area contributed by atoms with E-state index in [-0.39, 0.29) is 11.6 Å². The number of amides is 1. The highest BCUT2D eigenvalue weighted by Gasteiger charge is 2.50. The van der Waals surface area contributed by atoms with Crippen molar-refractivity contribution in [3.05, 3.63) is 17.8 Å². The Hall–Kier alpha value is -2.18. The van der Waals surface area contributed by atoms with E-state index in [2.05, 4.69) is 20.8 Å². The van der Waals surface area contributed by atoms with Gasteiger partial charge in [0, 0.05) is 6.54 Å². The van der Waals surface area contributed by atoms with Crippen molar-refractivity contribution in [2.24, 2.45) is 0 Å². The molecule has 1 heterocycles. The number of anilines is 1. The van der Waals surface area contributed by atoms with Gasteiger partial charge in [0.1, 0.15) is 11.4 Å². The van der Waals surface area contributed by atoms with Gasteiger partial charge in [-0.15, -0.1) is 10.2 Å². The van der Waals surface area contributed by atoms with E-state index in [4.69, 9.17) is 5.11 Å². The van der Waals surface area contributed by atoms with E-state index >= 15 is 0 Å². The zero-order valence-corrected chi connectivity index (χ0v) is 9.93. The van der Waals surface area contributed by atoms with Crippen molar-refractivity contribution in [3.63, 3.8) is 0 Å². The van der Waals surface area contributed by atoms with Gasteiger partial charge in [0.25, 0.3) is 5.91 Å². The van der Waals surface area contributed by atoms with Gasteiger partial charge in [0.05, 0.1) is 0 Å². The predicted molar refractivity (Wildman–Crippen MR) is 63.3 cm³/mol. The van der Waals surface area contributed by atoms with Crippen LogP contribution < -0.4 is 10.6 Å². The number of carbonyl (C=O) groups is 2. The van der Waals surface area contributed by atoms with E-state index in [9.17, 15) is 9.59 Å². The van der Waals surface area contributed by atoms with Crippen molar-refractivity contribution in [3.8, 4) is 0 Å². The molecule has 0 bridgehead atoms. The largest absolute Gasteiger partial charge is 0.480 e. The Balaban J connectivity index is 2.04. The van der Waals surface area contributed by atoms with Crippen LogP contribution in [0.25, 0.3) is 0 Å². The minimum absolute atomic E-state index is 0.211. The van der Waals surface area contributed by atoms with Crippen LogP contribution in [-0.2, 0) is 4.79 Å². The zero-order valence-electron chi connectivity index (χ0n) is 9.93. The first-order valence-corrected chi connectivity index (χ1v) is 5.71. The Bertz CT molecular complexity index is 468. The molecule has 0 unspecified atom stereocenters. The van der Waals surface area contributed by atoms with Crippen LogP contribution in [0.1, 0.15) is 30.3 Å². The molecule has 1 amide bonds. The molecule has 1 aliphatic rings. The summed E-state index contributed by atoms with van der Waals surface area (Å²) in [5.41, 5.74) is -0.690. The van der Waals surface area contributed by atoms with Gasteiger partial charge in [0.2, 0.25) is 0 Å². The summed E-state index contributed by atoms with van der Waals surface area (Å²) in [5, 5.41) is 22.0. The second-order valence-electron chi connectivity index (χ2n) is 4.18. The lowest BCUT2D eigenvalue weighted by molar-refractivity contribution is -0.138. The summed E-state index contributed by atoms with van der Waals surface area (Å²) in [4.78, 5) is 22.4. The Labute approximate surface area is 104 Å². The Morgan fingerprint density at radius 1 is 1.39 bits per heavy atom. The van der Waals surface area contributed by atoms with Crippen LogP contribution >= 0.6 is 0 Å². The van der Waals surface area contributed by atoms with E-state index < -0.39 is 11.5 Å². The van der Waals surface area contributed by atoms with Crippen LogP contribution in [0.15, 0.2) is 12.1 Å². The van der Waals surface area contributed by atoms with Crippen LogP contribution in [0.3, 0.4) is 0 Å². The van der Waals surface area contributed by atoms with Crippen LogP contribution in [0.4, 0.5) is 5.82 Å². The molecule has 0 spiro atoms. The molecule has 0 radical (unpaired) electrons. The first-order valence-electron chi connectivity index (χ1n) is 5.71. The van der Waals surface area contributed by atoms with Crippen LogP contribution in [-0.4, -0.2) is 39.3 Å². The molecule has 0 atom stereocenters. The normalized spacial score (nSPS) is 15.8. The van der Waals surface area contributed by atoms with E-state index in [1.54, 1.807) is 6.07 Å². The van der Waals surface area contributed by atoms with Gasteiger partial charge in [-0.25, -0.2) is 4.79 Å². The van der Waals surface area contributed by atoms with Gasteiger partial charge in [0.15, 0.2) is 5.69 Å². The molecule has 7 heteroatoms. The summed E-state index contributed by atoms with van der Waals surface area (Å²) in [5.74, 6) is -0.823. The number of aliphatic carboxylic acids is 1. The summed E-state index contributed by atoms with van der Waals surface area (Å²) in [6, 6.07) is 3.07.